The summed E-state index contributed by atoms with van der Waals surface area (Å²) in [7, 11) is 1.71. The Bertz CT molecular complexity index is 264. The third-order valence-electron chi connectivity index (χ3n) is 1.98. The van der Waals surface area contributed by atoms with Crippen LogP contribution in [0, 0.1) is 0 Å². The van der Waals surface area contributed by atoms with Gasteiger partial charge in [-0.25, -0.2) is 0 Å². The molecular weight excluding hydrogens is 198 g/mol. The summed E-state index contributed by atoms with van der Waals surface area (Å²) >= 11 is 1.61. The van der Waals surface area contributed by atoms with E-state index in [4.69, 9.17) is 10.5 Å². The van der Waals surface area contributed by atoms with Gasteiger partial charge in [0.15, 0.2) is 0 Å². The molecule has 0 fully saturated rings. The average Bonchev–Trinajstić information content (AvgIpc) is 2.66. The molecule has 4 nitrogen and oxygen atoms in total. The zero-order valence-electron chi connectivity index (χ0n) is 8.69. The van der Waals surface area contributed by atoms with Crippen LogP contribution in [0.25, 0.3) is 0 Å². The molecule has 5 heteroatoms. The summed E-state index contributed by atoms with van der Waals surface area (Å²) in [6, 6.07) is 0.0451. The van der Waals surface area contributed by atoms with Crippen molar-refractivity contribution in [3.05, 3.63) is 10.0 Å². The van der Waals surface area contributed by atoms with E-state index in [1.54, 1.807) is 18.4 Å². The topological polar surface area (TPSA) is 61.0 Å². The third-order valence-corrected chi connectivity index (χ3v) is 3.09. The lowest BCUT2D eigenvalue weighted by atomic mass is 10.3. The molecule has 0 saturated carbocycles. The van der Waals surface area contributed by atoms with Crippen LogP contribution in [-0.2, 0) is 11.2 Å². The molecule has 14 heavy (non-hydrogen) atoms. The summed E-state index contributed by atoms with van der Waals surface area (Å²) in [5, 5.41) is 10.2. The van der Waals surface area contributed by atoms with Gasteiger partial charge in [-0.3, -0.25) is 0 Å². The van der Waals surface area contributed by atoms with Gasteiger partial charge < -0.3 is 10.5 Å². The predicted octanol–water partition coefficient (Wildman–Crippen LogP) is 1.53. The average molecular weight is 215 g/mol. The molecule has 1 unspecified atom stereocenters. The smallest absolute Gasteiger partial charge is 0.134 e. The minimum atomic E-state index is 0.0451. The zero-order chi connectivity index (χ0) is 10.4. The molecule has 0 spiro atoms. The lowest BCUT2D eigenvalue weighted by Crippen LogP contribution is -2.07. The van der Waals surface area contributed by atoms with Crippen molar-refractivity contribution >= 4 is 11.3 Å². The van der Waals surface area contributed by atoms with E-state index in [9.17, 15) is 0 Å². The number of methoxy groups -OCH3 is 1. The molecule has 1 atom stereocenters. The molecule has 0 radical (unpaired) electrons. The van der Waals surface area contributed by atoms with E-state index < -0.39 is 0 Å². The van der Waals surface area contributed by atoms with E-state index in [1.807, 2.05) is 0 Å². The van der Waals surface area contributed by atoms with Gasteiger partial charge in [0.05, 0.1) is 6.04 Å². The highest BCUT2D eigenvalue weighted by molar-refractivity contribution is 7.11. The molecule has 0 aliphatic heterocycles. The highest BCUT2D eigenvalue weighted by Crippen LogP contribution is 2.19. The van der Waals surface area contributed by atoms with E-state index in [2.05, 4.69) is 17.1 Å². The molecule has 0 bridgehead atoms. The summed E-state index contributed by atoms with van der Waals surface area (Å²) in [6.07, 6.45) is 2.83. The molecule has 0 amide bonds. The summed E-state index contributed by atoms with van der Waals surface area (Å²) in [5.74, 6) is 0. The fourth-order valence-corrected chi connectivity index (χ4v) is 2.03. The Kier molecular flexibility index (Phi) is 5.00. The first-order valence-electron chi connectivity index (χ1n) is 4.84. The first kappa shape index (κ1) is 11.6. The summed E-state index contributed by atoms with van der Waals surface area (Å²) in [4.78, 5) is 0. The number of aryl methyl sites for hydroxylation is 1. The second-order valence-electron chi connectivity index (χ2n) is 3.15. The van der Waals surface area contributed by atoms with Gasteiger partial charge in [0.2, 0.25) is 0 Å². The van der Waals surface area contributed by atoms with E-state index >= 15 is 0 Å². The Morgan fingerprint density at radius 3 is 2.93 bits per heavy atom. The number of nitrogens with zero attached hydrogens (tertiary/aromatic N) is 2. The van der Waals surface area contributed by atoms with Crippen molar-refractivity contribution in [2.45, 2.75) is 32.2 Å². The second kappa shape index (κ2) is 6.06. The fourth-order valence-electron chi connectivity index (χ4n) is 1.06. The van der Waals surface area contributed by atoms with Crippen LogP contribution < -0.4 is 5.73 Å². The first-order valence-corrected chi connectivity index (χ1v) is 5.66. The fraction of sp³-hybridized carbons (Fsp3) is 0.778. The van der Waals surface area contributed by atoms with Gasteiger partial charge >= 0.3 is 0 Å². The Labute approximate surface area is 88.5 Å². The van der Waals surface area contributed by atoms with E-state index in [0.29, 0.717) is 0 Å². The van der Waals surface area contributed by atoms with Gasteiger partial charge in [0.25, 0.3) is 0 Å². The van der Waals surface area contributed by atoms with Crippen LogP contribution in [-0.4, -0.2) is 23.9 Å². The van der Waals surface area contributed by atoms with E-state index in [1.165, 1.54) is 0 Å². The maximum absolute atomic E-state index is 5.85. The SMILES string of the molecule is CCC(N)c1nnc(CCCOC)s1. The quantitative estimate of drug-likeness (QED) is 0.731. The standard InChI is InChI=1S/C9H17N3OS/c1-3-7(10)9-12-11-8(14-9)5-4-6-13-2/h7H,3-6,10H2,1-2H3. The number of nitrogens with two attached hydrogens (primary N) is 1. The van der Waals surface area contributed by atoms with Crippen LogP contribution in [0.15, 0.2) is 0 Å². The van der Waals surface area contributed by atoms with Gasteiger partial charge in [-0.2, -0.15) is 0 Å². The minimum Gasteiger partial charge on any atom is -0.385 e. The summed E-state index contributed by atoms with van der Waals surface area (Å²) in [5.41, 5.74) is 5.85. The van der Waals surface area contributed by atoms with Crippen LogP contribution in [0.5, 0.6) is 0 Å². The third kappa shape index (κ3) is 3.32. The van der Waals surface area contributed by atoms with Crippen molar-refractivity contribution in [2.24, 2.45) is 5.73 Å². The Balaban J connectivity index is 2.42. The molecule has 0 aliphatic rings. The number of hydrogen-bond donors (Lipinski definition) is 1. The van der Waals surface area contributed by atoms with Gasteiger partial charge in [0, 0.05) is 20.1 Å². The maximum Gasteiger partial charge on any atom is 0.134 e. The number of hydrogen-bond acceptors (Lipinski definition) is 5. The van der Waals surface area contributed by atoms with Crippen molar-refractivity contribution in [3.8, 4) is 0 Å². The summed E-state index contributed by atoms with van der Waals surface area (Å²) in [6.45, 7) is 2.82. The molecule has 0 aliphatic carbocycles. The molecule has 1 rings (SSSR count). The lowest BCUT2D eigenvalue weighted by Gasteiger charge is -2.00. The molecule has 0 aromatic carbocycles. The molecule has 1 heterocycles. The molecule has 1 aromatic heterocycles. The molecule has 2 N–H and O–H groups in total. The van der Waals surface area contributed by atoms with E-state index in [-0.39, 0.29) is 6.04 Å². The highest BCUT2D eigenvalue weighted by Gasteiger charge is 2.09. The normalized spacial score (nSPS) is 13.1. The second-order valence-corrected chi connectivity index (χ2v) is 4.24. The summed E-state index contributed by atoms with van der Waals surface area (Å²) < 4.78 is 4.97. The van der Waals surface area contributed by atoms with Crippen molar-refractivity contribution in [1.82, 2.24) is 10.2 Å². The Morgan fingerprint density at radius 1 is 1.50 bits per heavy atom. The number of rotatable bonds is 6. The van der Waals surface area contributed by atoms with Crippen molar-refractivity contribution in [2.75, 3.05) is 13.7 Å². The van der Waals surface area contributed by atoms with Gasteiger partial charge in [-0.15, -0.1) is 10.2 Å². The van der Waals surface area contributed by atoms with Crippen molar-refractivity contribution in [1.29, 1.82) is 0 Å². The van der Waals surface area contributed by atoms with Crippen LogP contribution in [0.2, 0.25) is 0 Å². The number of ether oxygens (including phenoxy) is 1. The van der Waals surface area contributed by atoms with Gasteiger partial charge in [-0.05, 0) is 12.8 Å². The largest absolute Gasteiger partial charge is 0.385 e. The van der Waals surface area contributed by atoms with Crippen LogP contribution >= 0.6 is 11.3 Å². The Morgan fingerprint density at radius 2 is 2.29 bits per heavy atom. The Hall–Kier alpha value is -0.520. The predicted molar refractivity (Wildman–Crippen MR) is 57.3 cm³/mol. The monoisotopic (exact) mass is 215 g/mol. The van der Waals surface area contributed by atoms with Crippen LogP contribution in [0.1, 0.15) is 35.8 Å². The lowest BCUT2D eigenvalue weighted by molar-refractivity contribution is 0.195. The zero-order valence-corrected chi connectivity index (χ0v) is 9.51. The maximum atomic E-state index is 5.85. The van der Waals surface area contributed by atoms with E-state index in [0.717, 1.165) is 35.9 Å². The van der Waals surface area contributed by atoms with Crippen LogP contribution in [0.3, 0.4) is 0 Å². The van der Waals surface area contributed by atoms with Gasteiger partial charge in [0.1, 0.15) is 10.0 Å². The van der Waals surface area contributed by atoms with Crippen molar-refractivity contribution in [3.63, 3.8) is 0 Å². The molecular formula is C9H17N3OS. The van der Waals surface area contributed by atoms with Crippen LogP contribution in [0.4, 0.5) is 0 Å². The van der Waals surface area contributed by atoms with Crippen molar-refractivity contribution < 1.29 is 4.74 Å². The highest BCUT2D eigenvalue weighted by atomic mass is 32.1. The van der Waals surface area contributed by atoms with Gasteiger partial charge in [-0.1, -0.05) is 18.3 Å². The number of aromatic nitrogens is 2. The molecule has 0 saturated heterocycles. The molecule has 1 aromatic rings. The minimum absolute atomic E-state index is 0.0451. The first-order chi connectivity index (χ1) is 6.77. The molecule has 80 valence electrons.